The number of likely N-dealkylation sites (tertiary alicyclic amines) is 1. The molecule has 0 saturated carbocycles. The summed E-state index contributed by atoms with van der Waals surface area (Å²) in [5, 5.41) is 2.98. The lowest BCUT2D eigenvalue weighted by atomic mass is 10.2. The molecule has 1 N–H and O–H groups in total. The molecule has 0 aliphatic carbocycles. The molecule has 0 aromatic heterocycles. The van der Waals surface area contributed by atoms with Crippen LogP contribution < -0.4 is 14.8 Å². The van der Waals surface area contributed by atoms with Crippen molar-refractivity contribution in [2.75, 3.05) is 20.2 Å². The third kappa shape index (κ3) is 4.44. The first-order valence-corrected chi connectivity index (χ1v) is 8.58. The maximum Gasteiger partial charge on any atom is 0.317 e. The molecule has 0 radical (unpaired) electrons. The van der Waals surface area contributed by atoms with Crippen molar-refractivity contribution >= 4 is 6.03 Å². The van der Waals surface area contributed by atoms with Gasteiger partial charge in [-0.3, -0.25) is 0 Å². The Labute approximate surface area is 148 Å². The number of benzene rings is 2. The fraction of sp³-hybridized carbons (Fsp3) is 0.350. The van der Waals surface area contributed by atoms with E-state index in [2.05, 4.69) is 12.2 Å². The van der Waals surface area contributed by atoms with Crippen molar-refractivity contribution in [2.45, 2.75) is 19.9 Å². The Morgan fingerprint density at radius 1 is 1.16 bits per heavy atom. The van der Waals surface area contributed by atoms with E-state index >= 15 is 0 Å². The smallest absolute Gasteiger partial charge is 0.317 e. The number of rotatable bonds is 5. The lowest BCUT2D eigenvalue weighted by molar-refractivity contribution is 0.207. The fourth-order valence-electron chi connectivity index (χ4n) is 2.91. The van der Waals surface area contributed by atoms with E-state index in [9.17, 15) is 4.79 Å². The van der Waals surface area contributed by atoms with Crippen LogP contribution in [0.15, 0.2) is 48.5 Å². The van der Waals surface area contributed by atoms with Crippen LogP contribution in [0.5, 0.6) is 17.2 Å². The van der Waals surface area contributed by atoms with Gasteiger partial charge in [-0.25, -0.2) is 4.79 Å². The molecule has 1 fully saturated rings. The summed E-state index contributed by atoms with van der Waals surface area (Å²) in [5.41, 5.74) is 1.04. The Morgan fingerprint density at radius 2 is 1.88 bits per heavy atom. The Morgan fingerprint density at radius 3 is 2.52 bits per heavy atom. The van der Waals surface area contributed by atoms with Crippen molar-refractivity contribution in [1.82, 2.24) is 10.2 Å². The van der Waals surface area contributed by atoms with Crippen molar-refractivity contribution in [3.05, 3.63) is 54.1 Å². The summed E-state index contributed by atoms with van der Waals surface area (Å²) in [6, 6.07) is 15.2. The average molecular weight is 340 g/mol. The molecule has 0 bridgehead atoms. The van der Waals surface area contributed by atoms with Crippen molar-refractivity contribution in [1.29, 1.82) is 0 Å². The van der Waals surface area contributed by atoms with Gasteiger partial charge in [-0.15, -0.1) is 0 Å². The van der Waals surface area contributed by atoms with E-state index in [4.69, 9.17) is 9.47 Å². The third-order valence-corrected chi connectivity index (χ3v) is 4.38. The van der Waals surface area contributed by atoms with E-state index in [1.165, 1.54) is 0 Å². The molecular formula is C20H24N2O3. The Balaban J connectivity index is 1.54. The SMILES string of the molecule is COc1ccccc1Oc1ccc(CNC(=O)N2CCC(C)C2)cc1. The molecule has 132 valence electrons. The van der Waals surface area contributed by atoms with Gasteiger partial charge in [0, 0.05) is 19.6 Å². The topological polar surface area (TPSA) is 50.8 Å². The highest BCUT2D eigenvalue weighted by molar-refractivity contribution is 5.74. The van der Waals surface area contributed by atoms with Crippen molar-refractivity contribution in [2.24, 2.45) is 5.92 Å². The zero-order chi connectivity index (χ0) is 17.6. The number of hydrogen-bond acceptors (Lipinski definition) is 3. The molecule has 1 aliphatic heterocycles. The van der Waals surface area contributed by atoms with Crippen LogP contribution >= 0.6 is 0 Å². The van der Waals surface area contributed by atoms with E-state index in [0.29, 0.717) is 24.0 Å². The largest absolute Gasteiger partial charge is 0.493 e. The second kappa shape index (κ2) is 7.92. The summed E-state index contributed by atoms with van der Waals surface area (Å²) in [6.07, 6.45) is 1.09. The van der Waals surface area contributed by atoms with E-state index in [1.807, 2.05) is 53.4 Å². The zero-order valence-electron chi connectivity index (χ0n) is 14.7. The fourth-order valence-corrected chi connectivity index (χ4v) is 2.91. The van der Waals surface area contributed by atoms with E-state index in [0.717, 1.165) is 30.8 Å². The summed E-state index contributed by atoms with van der Waals surface area (Å²) >= 11 is 0. The van der Waals surface area contributed by atoms with E-state index in [-0.39, 0.29) is 6.03 Å². The normalized spacial score (nSPS) is 16.6. The van der Waals surface area contributed by atoms with Gasteiger partial charge >= 0.3 is 6.03 Å². The molecule has 2 aromatic rings. The maximum atomic E-state index is 12.1. The van der Waals surface area contributed by atoms with Gasteiger partial charge in [0.2, 0.25) is 0 Å². The summed E-state index contributed by atoms with van der Waals surface area (Å²) in [7, 11) is 1.62. The Bertz CT molecular complexity index is 715. The predicted octanol–water partition coefficient (Wildman–Crippen LogP) is 4.04. The number of amides is 2. The molecule has 0 spiro atoms. The molecule has 1 unspecified atom stereocenters. The number of nitrogens with zero attached hydrogens (tertiary/aromatic N) is 1. The molecule has 1 saturated heterocycles. The number of ether oxygens (including phenoxy) is 2. The number of urea groups is 1. The number of nitrogens with one attached hydrogen (secondary N) is 1. The minimum atomic E-state index is 0.0127. The van der Waals surface area contributed by atoms with Crippen LogP contribution in [0.3, 0.4) is 0 Å². The zero-order valence-corrected chi connectivity index (χ0v) is 14.7. The lowest BCUT2D eigenvalue weighted by Gasteiger charge is -2.17. The third-order valence-electron chi connectivity index (χ3n) is 4.38. The van der Waals surface area contributed by atoms with Gasteiger partial charge in [0.1, 0.15) is 5.75 Å². The summed E-state index contributed by atoms with van der Waals surface area (Å²) in [4.78, 5) is 14.0. The van der Waals surface area contributed by atoms with Gasteiger partial charge in [-0.2, -0.15) is 0 Å². The maximum absolute atomic E-state index is 12.1. The molecule has 3 rings (SSSR count). The monoisotopic (exact) mass is 340 g/mol. The first-order valence-electron chi connectivity index (χ1n) is 8.58. The highest BCUT2D eigenvalue weighted by Crippen LogP contribution is 2.30. The van der Waals surface area contributed by atoms with Gasteiger partial charge in [-0.05, 0) is 42.2 Å². The number of para-hydroxylation sites is 2. The molecule has 2 aromatic carbocycles. The second-order valence-corrected chi connectivity index (χ2v) is 6.40. The molecule has 25 heavy (non-hydrogen) atoms. The minimum absolute atomic E-state index is 0.0127. The van der Waals surface area contributed by atoms with E-state index < -0.39 is 0 Å². The highest BCUT2D eigenvalue weighted by atomic mass is 16.5. The number of methoxy groups -OCH3 is 1. The van der Waals surface area contributed by atoms with Crippen LogP contribution in [-0.2, 0) is 6.54 Å². The molecule has 2 amide bonds. The first-order chi connectivity index (χ1) is 12.2. The molecule has 1 aliphatic rings. The molecule has 5 nitrogen and oxygen atoms in total. The molecule has 1 heterocycles. The summed E-state index contributed by atoms with van der Waals surface area (Å²) < 4.78 is 11.1. The minimum Gasteiger partial charge on any atom is -0.493 e. The second-order valence-electron chi connectivity index (χ2n) is 6.40. The number of carbonyl (C=O) groups is 1. The van der Waals surface area contributed by atoms with Gasteiger partial charge in [0.05, 0.1) is 7.11 Å². The predicted molar refractivity (Wildman–Crippen MR) is 97.1 cm³/mol. The van der Waals surface area contributed by atoms with E-state index in [1.54, 1.807) is 7.11 Å². The van der Waals surface area contributed by atoms with Crippen molar-refractivity contribution < 1.29 is 14.3 Å². The van der Waals surface area contributed by atoms with Gasteiger partial charge < -0.3 is 19.7 Å². The average Bonchev–Trinajstić information content (AvgIpc) is 3.08. The van der Waals surface area contributed by atoms with Crippen LogP contribution in [0.2, 0.25) is 0 Å². The standard InChI is InChI=1S/C20H24N2O3/c1-15-11-12-22(14-15)20(23)21-13-16-7-9-17(10-8-16)25-19-6-4-3-5-18(19)24-2/h3-10,15H,11-14H2,1-2H3,(H,21,23). The van der Waals surface area contributed by atoms with Crippen LogP contribution in [-0.4, -0.2) is 31.1 Å². The Kier molecular flexibility index (Phi) is 5.43. The van der Waals surface area contributed by atoms with Gasteiger partial charge in [0.25, 0.3) is 0 Å². The molecule has 1 atom stereocenters. The van der Waals surface area contributed by atoms with Crippen molar-refractivity contribution in [3.63, 3.8) is 0 Å². The van der Waals surface area contributed by atoms with Crippen LogP contribution in [0, 0.1) is 5.92 Å². The number of hydrogen-bond donors (Lipinski definition) is 1. The molecule has 5 heteroatoms. The highest BCUT2D eigenvalue weighted by Gasteiger charge is 2.22. The first kappa shape index (κ1) is 17.1. The van der Waals surface area contributed by atoms with Crippen LogP contribution in [0.25, 0.3) is 0 Å². The van der Waals surface area contributed by atoms with Gasteiger partial charge in [0.15, 0.2) is 11.5 Å². The quantitative estimate of drug-likeness (QED) is 0.894. The van der Waals surface area contributed by atoms with Crippen molar-refractivity contribution in [3.8, 4) is 17.2 Å². The Hall–Kier alpha value is -2.69. The number of carbonyl (C=O) groups excluding carboxylic acids is 1. The van der Waals surface area contributed by atoms with Gasteiger partial charge in [-0.1, -0.05) is 31.2 Å². The summed E-state index contributed by atoms with van der Waals surface area (Å²) in [5.74, 6) is 2.69. The lowest BCUT2D eigenvalue weighted by Crippen LogP contribution is -2.37. The molecular weight excluding hydrogens is 316 g/mol. The summed E-state index contributed by atoms with van der Waals surface area (Å²) in [6.45, 7) is 4.38. The van der Waals surface area contributed by atoms with Crippen LogP contribution in [0.1, 0.15) is 18.9 Å². The van der Waals surface area contributed by atoms with Crippen LogP contribution in [0.4, 0.5) is 4.79 Å².